The highest BCUT2D eigenvalue weighted by Gasteiger charge is 2.27. The number of rotatable bonds is 9. The zero-order chi connectivity index (χ0) is 17.4. The minimum Gasteiger partial charge on any atom is -0.357 e. The Morgan fingerprint density at radius 2 is 1.96 bits per heavy atom. The van der Waals surface area contributed by atoms with Gasteiger partial charge in [-0.25, -0.2) is 0 Å². The standard InChI is InChI=1S/C18H36N4OS.HI/c1-4-19-18(20-12-13-22(5-2)16-10-11-16)21-15-8-7-9-17(14-15)24(23)6-3;/h15-17H,4-14H2,1-3H3,(H2,19,20,21);1H. The fraction of sp³-hybridized carbons (Fsp3) is 0.944. The van der Waals surface area contributed by atoms with Crippen LogP contribution >= 0.6 is 24.0 Å². The van der Waals surface area contributed by atoms with Gasteiger partial charge < -0.3 is 10.6 Å². The summed E-state index contributed by atoms with van der Waals surface area (Å²) < 4.78 is 12.1. The number of nitrogens with zero attached hydrogens (tertiary/aromatic N) is 2. The van der Waals surface area contributed by atoms with Crippen LogP contribution in [0.25, 0.3) is 0 Å². The maximum absolute atomic E-state index is 12.1. The molecule has 2 aliphatic rings. The van der Waals surface area contributed by atoms with E-state index in [1.54, 1.807) is 0 Å². The third-order valence-electron chi connectivity index (χ3n) is 5.09. The zero-order valence-corrected chi connectivity index (χ0v) is 19.3. The zero-order valence-electron chi connectivity index (χ0n) is 16.1. The summed E-state index contributed by atoms with van der Waals surface area (Å²) in [5.74, 6) is 1.71. The van der Waals surface area contributed by atoms with Gasteiger partial charge in [-0.1, -0.05) is 20.3 Å². The lowest BCUT2D eigenvalue weighted by Crippen LogP contribution is -2.47. The Kier molecular flexibility index (Phi) is 11.6. The van der Waals surface area contributed by atoms with Crippen molar-refractivity contribution in [2.45, 2.75) is 76.6 Å². The van der Waals surface area contributed by atoms with E-state index in [-0.39, 0.29) is 24.0 Å². The van der Waals surface area contributed by atoms with Crippen molar-refractivity contribution < 1.29 is 4.21 Å². The van der Waals surface area contributed by atoms with Gasteiger partial charge in [-0.15, -0.1) is 24.0 Å². The van der Waals surface area contributed by atoms with Crippen molar-refractivity contribution in [3.05, 3.63) is 0 Å². The van der Waals surface area contributed by atoms with Crippen LogP contribution in [-0.2, 0) is 10.8 Å². The van der Waals surface area contributed by atoms with Gasteiger partial charge in [0.05, 0.1) is 6.54 Å². The van der Waals surface area contributed by atoms with Crippen molar-refractivity contribution in [2.75, 3.05) is 31.9 Å². The molecule has 0 saturated heterocycles. The van der Waals surface area contributed by atoms with E-state index in [0.717, 1.165) is 63.2 Å². The first-order valence-electron chi connectivity index (χ1n) is 9.83. The lowest BCUT2D eigenvalue weighted by atomic mass is 9.95. The van der Waals surface area contributed by atoms with E-state index in [2.05, 4.69) is 29.4 Å². The Bertz CT molecular complexity index is 431. The van der Waals surface area contributed by atoms with Gasteiger partial charge in [-0.3, -0.25) is 14.1 Å². The SMILES string of the molecule is CCNC(=NCCN(CC)C1CC1)NC1CCCC(S(=O)CC)C1.I. The van der Waals surface area contributed by atoms with Gasteiger partial charge in [-0.05, 0) is 45.6 Å². The van der Waals surface area contributed by atoms with Crippen LogP contribution < -0.4 is 10.6 Å². The highest BCUT2D eigenvalue weighted by atomic mass is 127. The predicted octanol–water partition coefficient (Wildman–Crippen LogP) is 2.72. The number of halogens is 1. The van der Waals surface area contributed by atoms with E-state index in [0.29, 0.717) is 11.3 Å². The van der Waals surface area contributed by atoms with Gasteiger partial charge in [0.2, 0.25) is 0 Å². The molecule has 148 valence electrons. The van der Waals surface area contributed by atoms with Crippen molar-refractivity contribution in [1.82, 2.24) is 15.5 Å². The second-order valence-corrected chi connectivity index (χ2v) is 8.93. The van der Waals surface area contributed by atoms with Crippen LogP contribution in [0.2, 0.25) is 0 Å². The van der Waals surface area contributed by atoms with E-state index in [1.807, 2.05) is 6.92 Å². The van der Waals surface area contributed by atoms with E-state index in [9.17, 15) is 4.21 Å². The Morgan fingerprint density at radius 1 is 1.20 bits per heavy atom. The number of aliphatic imine (C=N–C) groups is 1. The molecular formula is C18H37IN4OS. The number of nitrogens with one attached hydrogen (secondary N) is 2. The second kappa shape index (κ2) is 12.5. The van der Waals surface area contributed by atoms with E-state index in [1.165, 1.54) is 19.3 Å². The molecule has 2 aliphatic carbocycles. The molecule has 0 aromatic heterocycles. The number of guanidine groups is 1. The molecule has 0 aromatic rings. The van der Waals surface area contributed by atoms with Gasteiger partial charge in [0.1, 0.15) is 0 Å². The maximum Gasteiger partial charge on any atom is 0.191 e. The second-order valence-electron chi connectivity index (χ2n) is 6.92. The van der Waals surface area contributed by atoms with Crippen LogP contribution in [0.5, 0.6) is 0 Å². The quantitative estimate of drug-likeness (QED) is 0.300. The summed E-state index contributed by atoms with van der Waals surface area (Å²) in [6.07, 6.45) is 7.15. The summed E-state index contributed by atoms with van der Waals surface area (Å²) in [4.78, 5) is 7.31. The van der Waals surface area contributed by atoms with Crippen LogP contribution in [0.3, 0.4) is 0 Å². The molecule has 3 unspecified atom stereocenters. The summed E-state index contributed by atoms with van der Waals surface area (Å²) >= 11 is 0. The molecule has 2 N–H and O–H groups in total. The first kappa shape index (κ1) is 23.1. The molecule has 0 bridgehead atoms. The molecule has 7 heteroatoms. The Labute approximate surface area is 173 Å². The summed E-state index contributed by atoms with van der Waals surface area (Å²) in [7, 11) is -0.671. The highest BCUT2D eigenvalue weighted by molar-refractivity contribution is 14.0. The molecule has 0 aromatic carbocycles. The van der Waals surface area contributed by atoms with Crippen LogP contribution in [0.15, 0.2) is 4.99 Å². The van der Waals surface area contributed by atoms with Gasteiger partial charge in [0.25, 0.3) is 0 Å². The molecule has 3 atom stereocenters. The smallest absolute Gasteiger partial charge is 0.191 e. The fourth-order valence-corrected chi connectivity index (χ4v) is 4.94. The molecule has 2 saturated carbocycles. The van der Waals surface area contributed by atoms with Crippen molar-refractivity contribution in [1.29, 1.82) is 0 Å². The Balaban J connectivity index is 0.00000312. The van der Waals surface area contributed by atoms with Crippen molar-refractivity contribution in [3.63, 3.8) is 0 Å². The van der Waals surface area contributed by atoms with Crippen LogP contribution in [0.4, 0.5) is 0 Å². The molecule has 2 fully saturated rings. The minimum absolute atomic E-state index is 0. The molecule has 5 nitrogen and oxygen atoms in total. The molecule has 0 spiro atoms. The summed E-state index contributed by atoms with van der Waals surface area (Å²) in [6.45, 7) is 10.3. The normalized spacial score (nSPS) is 25.4. The fourth-order valence-electron chi connectivity index (χ4n) is 3.59. The number of hydrogen-bond donors (Lipinski definition) is 2. The lowest BCUT2D eigenvalue weighted by Gasteiger charge is -2.30. The minimum atomic E-state index is -0.671. The summed E-state index contributed by atoms with van der Waals surface area (Å²) in [6, 6.07) is 1.21. The van der Waals surface area contributed by atoms with Crippen LogP contribution in [0.1, 0.15) is 59.3 Å². The monoisotopic (exact) mass is 484 g/mol. The Morgan fingerprint density at radius 3 is 2.56 bits per heavy atom. The average Bonchev–Trinajstić information content (AvgIpc) is 3.43. The topological polar surface area (TPSA) is 56.7 Å². The third kappa shape index (κ3) is 8.12. The van der Waals surface area contributed by atoms with Crippen LogP contribution in [-0.4, -0.2) is 64.3 Å². The first-order chi connectivity index (χ1) is 11.7. The molecule has 0 heterocycles. The predicted molar refractivity (Wildman–Crippen MR) is 120 cm³/mol. The van der Waals surface area contributed by atoms with Crippen molar-refractivity contribution in [3.8, 4) is 0 Å². The van der Waals surface area contributed by atoms with Crippen LogP contribution in [0, 0.1) is 0 Å². The van der Waals surface area contributed by atoms with E-state index >= 15 is 0 Å². The molecule has 2 rings (SSSR count). The van der Waals surface area contributed by atoms with Crippen molar-refractivity contribution in [2.24, 2.45) is 4.99 Å². The number of hydrogen-bond acceptors (Lipinski definition) is 3. The number of likely N-dealkylation sites (N-methyl/N-ethyl adjacent to an activating group) is 1. The average molecular weight is 484 g/mol. The van der Waals surface area contributed by atoms with E-state index in [4.69, 9.17) is 4.99 Å². The lowest BCUT2D eigenvalue weighted by molar-refractivity contribution is 0.286. The van der Waals surface area contributed by atoms with E-state index < -0.39 is 10.8 Å². The third-order valence-corrected chi connectivity index (χ3v) is 6.83. The molecule has 25 heavy (non-hydrogen) atoms. The molecular weight excluding hydrogens is 447 g/mol. The van der Waals surface area contributed by atoms with Gasteiger partial charge in [-0.2, -0.15) is 0 Å². The van der Waals surface area contributed by atoms with Gasteiger partial charge in [0, 0.05) is 47.0 Å². The van der Waals surface area contributed by atoms with Gasteiger partial charge >= 0.3 is 0 Å². The van der Waals surface area contributed by atoms with Crippen molar-refractivity contribution >= 4 is 40.7 Å². The summed E-state index contributed by atoms with van der Waals surface area (Å²) in [5, 5.41) is 7.31. The summed E-state index contributed by atoms with van der Waals surface area (Å²) in [5.41, 5.74) is 0. The highest BCUT2D eigenvalue weighted by Crippen LogP contribution is 2.26. The van der Waals surface area contributed by atoms with Gasteiger partial charge in [0.15, 0.2) is 5.96 Å². The maximum atomic E-state index is 12.1. The molecule has 0 radical (unpaired) electrons. The Hall–Kier alpha value is 0.110. The molecule has 0 aliphatic heterocycles. The largest absolute Gasteiger partial charge is 0.357 e. The molecule has 0 amide bonds. The first-order valence-corrected chi connectivity index (χ1v) is 11.2.